The van der Waals surface area contributed by atoms with Gasteiger partial charge in [-0.1, -0.05) is 41.9 Å². The Balaban J connectivity index is 1.99. The van der Waals surface area contributed by atoms with E-state index in [0.717, 1.165) is 0 Å². The highest BCUT2D eigenvalue weighted by Gasteiger charge is 2.12. The fourth-order valence-corrected chi connectivity index (χ4v) is 2.28. The molecule has 0 spiro atoms. The number of hydrogen-bond donors (Lipinski definition) is 0. The van der Waals surface area contributed by atoms with Crippen molar-refractivity contribution in [3.8, 4) is 0 Å². The molecule has 0 N–H and O–H groups in total. The quantitative estimate of drug-likeness (QED) is 0.649. The zero-order chi connectivity index (χ0) is 11.7. The molecule has 1 aromatic carbocycles. The van der Waals surface area contributed by atoms with Crippen LogP contribution in [0.3, 0.4) is 0 Å². The van der Waals surface area contributed by atoms with E-state index in [1.807, 2.05) is 0 Å². The van der Waals surface area contributed by atoms with E-state index in [4.69, 9.17) is 0 Å². The van der Waals surface area contributed by atoms with Gasteiger partial charge < -0.3 is 4.57 Å². The largest absolute Gasteiger partial charge is 0.351 e. The van der Waals surface area contributed by atoms with Crippen molar-refractivity contribution in [2.75, 3.05) is 0 Å². The second-order valence-corrected chi connectivity index (χ2v) is 4.42. The van der Waals surface area contributed by atoms with Gasteiger partial charge in [-0.2, -0.15) is 0 Å². The second kappa shape index (κ2) is 4.13. The molecule has 1 nitrogen and oxygen atoms in total. The van der Waals surface area contributed by atoms with E-state index in [2.05, 4.69) is 78.3 Å². The summed E-state index contributed by atoms with van der Waals surface area (Å²) >= 11 is 0. The molecule has 1 aromatic heterocycles. The van der Waals surface area contributed by atoms with Crippen molar-refractivity contribution in [2.45, 2.75) is 0 Å². The van der Waals surface area contributed by atoms with Gasteiger partial charge in [0.25, 0.3) is 0 Å². The summed E-state index contributed by atoms with van der Waals surface area (Å²) in [6.07, 6.45) is 6.53. The summed E-state index contributed by atoms with van der Waals surface area (Å²) in [6, 6.07) is 12.8. The maximum absolute atomic E-state index is 2.26. The number of rotatable bonds is 1. The normalized spacial score (nSPS) is 13.6. The average Bonchev–Trinajstić information content (AvgIpc) is 2.62. The molecule has 0 atom stereocenters. The molecule has 0 unspecified atom stereocenters. The van der Waals surface area contributed by atoms with Crippen LogP contribution < -0.4 is 5.46 Å². The average molecular weight is 219 g/mol. The molecule has 2 heterocycles. The monoisotopic (exact) mass is 219 g/mol. The van der Waals surface area contributed by atoms with E-state index < -0.39 is 0 Å². The maximum atomic E-state index is 2.26. The van der Waals surface area contributed by atoms with Crippen molar-refractivity contribution >= 4 is 24.3 Å². The predicted octanol–water partition coefficient (Wildman–Crippen LogP) is 2.55. The molecule has 3 rings (SSSR count). The van der Waals surface area contributed by atoms with Crippen LogP contribution in [0.25, 0.3) is 12.2 Å². The highest BCUT2D eigenvalue weighted by atomic mass is 14.9. The van der Waals surface area contributed by atoms with Crippen molar-refractivity contribution in [3.05, 3.63) is 65.8 Å². The maximum Gasteiger partial charge on any atom is 0.226 e. The first kappa shape index (κ1) is 10.2. The number of hydrogen-bond acceptors (Lipinski definition) is 0. The Morgan fingerprint density at radius 3 is 2.53 bits per heavy atom. The van der Waals surface area contributed by atoms with E-state index >= 15 is 0 Å². The molecule has 17 heavy (non-hydrogen) atoms. The Kier molecular flexibility index (Phi) is 2.48. The topological polar surface area (TPSA) is 4.93 Å². The van der Waals surface area contributed by atoms with Crippen LogP contribution in [-0.2, 0) is 7.05 Å². The molecule has 82 valence electrons. The van der Waals surface area contributed by atoms with E-state index in [1.165, 1.54) is 16.7 Å². The van der Waals surface area contributed by atoms with Crippen LogP contribution in [0.1, 0.15) is 11.3 Å². The summed E-state index contributed by atoms with van der Waals surface area (Å²) in [5.41, 5.74) is 3.91. The summed E-state index contributed by atoms with van der Waals surface area (Å²) in [5.74, 6) is 4.52. The van der Waals surface area contributed by atoms with Gasteiger partial charge in [0.2, 0.25) is 6.71 Å². The molecule has 0 saturated heterocycles. The second-order valence-electron chi connectivity index (χ2n) is 4.42. The van der Waals surface area contributed by atoms with E-state index in [0.29, 0.717) is 6.71 Å². The SMILES string of the molecule is Cn1ccc2c1C=CB(c1ccccc1)C=C2. The van der Waals surface area contributed by atoms with Gasteiger partial charge in [-0.05, 0) is 17.7 Å². The molecule has 0 fully saturated rings. The number of benzene rings is 1. The fraction of sp³-hybridized carbons (Fsp3) is 0.0667. The Hall–Kier alpha value is -1.96. The molecule has 0 amide bonds. The molecule has 2 aromatic rings. The van der Waals surface area contributed by atoms with Crippen LogP contribution >= 0.6 is 0 Å². The van der Waals surface area contributed by atoms with E-state index in [-0.39, 0.29) is 0 Å². The van der Waals surface area contributed by atoms with Gasteiger partial charge >= 0.3 is 0 Å². The smallest absolute Gasteiger partial charge is 0.226 e. The van der Waals surface area contributed by atoms with Crippen molar-refractivity contribution in [3.63, 3.8) is 0 Å². The van der Waals surface area contributed by atoms with Crippen molar-refractivity contribution in [1.82, 2.24) is 4.57 Å². The van der Waals surface area contributed by atoms with Gasteiger partial charge in [0.05, 0.1) is 0 Å². The Morgan fingerprint density at radius 2 is 1.71 bits per heavy atom. The van der Waals surface area contributed by atoms with Gasteiger partial charge in [-0.25, -0.2) is 0 Å². The van der Waals surface area contributed by atoms with Crippen LogP contribution in [0.15, 0.2) is 54.5 Å². The summed E-state index contributed by atoms with van der Waals surface area (Å²) in [6.45, 7) is 0.378. The zero-order valence-electron chi connectivity index (χ0n) is 9.88. The first-order valence-electron chi connectivity index (χ1n) is 5.91. The zero-order valence-corrected chi connectivity index (χ0v) is 9.88. The summed E-state index contributed by atoms with van der Waals surface area (Å²) in [4.78, 5) is 0. The van der Waals surface area contributed by atoms with Crippen molar-refractivity contribution in [2.24, 2.45) is 7.05 Å². The van der Waals surface area contributed by atoms with Gasteiger partial charge in [0.15, 0.2) is 0 Å². The first-order chi connectivity index (χ1) is 8.34. The molecule has 0 aliphatic carbocycles. The summed E-state index contributed by atoms with van der Waals surface area (Å²) in [5, 5.41) is 0. The third-order valence-corrected chi connectivity index (χ3v) is 3.28. The number of aryl methyl sites for hydroxylation is 1. The van der Waals surface area contributed by atoms with Gasteiger partial charge in [-0.15, -0.1) is 12.0 Å². The van der Waals surface area contributed by atoms with Crippen LogP contribution in [0.4, 0.5) is 0 Å². The third kappa shape index (κ3) is 1.87. The molecule has 0 radical (unpaired) electrons. The number of nitrogens with zero attached hydrogens (tertiary/aromatic N) is 1. The third-order valence-electron chi connectivity index (χ3n) is 3.28. The minimum atomic E-state index is 0.378. The molecule has 1 aliphatic rings. The van der Waals surface area contributed by atoms with Crippen LogP contribution in [0, 0.1) is 0 Å². The lowest BCUT2D eigenvalue weighted by Crippen LogP contribution is -2.25. The van der Waals surface area contributed by atoms with Crippen LogP contribution in [-0.4, -0.2) is 11.3 Å². The molecule has 0 saturated carbocycles. The van der Waals surface area contributed by atoms with Crippen LogP contribution in [0.5, 0.6) is 0 Å². The van der Waals surface area contributed by atoms with Crippen LogP contribution in [0.2, 0.25) is 0 Å². The molecule has 0 bridgehead atoms. The molecule has 1 aliphatic heterocycles. The van der Waals surface area contributed by atoms with E-state index in [1.54, 1.807) is 0 Å². The lowest BCUT2D eigenvalue weighted by atomic mass is 9.45. The minimum Gasteiger partial charge on any atom is -0.351 e. The number of fused-ring (bicyclic) bond motifs is 1. The van der Waals surface area contributed by atoms with Crippen molar-refractivity contribution < 1.29 is 0 Å². The lowest BCUT2D eigenvalue weighted by Gasteiger charge is -2.02. The Morgan fingerprint density at radius 1 is 0.941 bits per heavy atom. The highest BCUT2D eigenvalue weighted by Crippen LogP contribution is 2.17. The Labute approximate surface area is 102 Å². The van der Waals surface area contributed by atoms with Gasteiger partial charge in [-0.3, -0.25) is 0 Å². The number of aromatic nitrogens is 1. The fourth-order valence-electron chi connectivity index (χ4n) is 2.28. The predicted molar refractivity (Wildman–Crippen MR) is 75.3 cm³/mol. The molecular formula is C15H14BN. The minimum absolute atomic E-state index is 0.378. The lowest BCUT2D eigenvalue weighted by molar-refractivity contribution is 0.914. The first-order valence-corrected chi connectivity index (χ1v) is 5.91. The molecular weight excluding hydrogens is 205 g/mol. The van der Waals surface area contributed by atoms with Gasteiger partial charge in [0.1, 0.15) is 0 Å². The summed E-state index contributed by atoms with van der Waals surface area (Å²) in [7, 11) is 2.08. The Bertz CT molecular complexity index is 578. The summed E-state index contributed by atoms with van der Waals surface area (Å²) < 4.78 is 2.16. The standard InChI is InChI=1S/C15H14BN/c1-17-12-9-13-7-10-16(11-8-15(13)17)14-5-3-2-4-6-14/h2-12H,1H3. The molecule has 2 heteroatoms. The highest BCUT2D eigenvalue weighted by molar-refractivity contribution is 6.83. The van der Waals surface area contributed by atoms with Gasteiger partial charge in [0, 0.05) is 18.9 Å². The van der Waals surface area contributed by atoms with Crippen molar-refractivity contribution in [1.29, 1.82) is 0 Å². The van der Waals surface area contributed by atoms with E-state index in [9.17, 15) is 0 Å².